The lowest BCUT2D eigenvalue weighted by Crippen LogP contribution is -2.49. The third-order valence-electron chi connectivity index (χ3n) is 6.25. The molecule has 2 saturated heterocycles. The van der Waals surface area contributed by atoms with E-state index in [9.17, 15) is 34.8 Å². The lowest BCUT2D eigenvalue weighted by molar-refractivity contribution is -0.137. The minimum absolute atomic E-state index is 0.0478. The molecule has 0 aliphatic carbocycles. The zero-order valence-corrected chi connectivity index (χ0v) is 19.3. The van der Waals surface area contributed by atoms with Gasteiger partial charge in [0.25, 0.3) is 5.56 Å². The fraction of sp³-hybridized carbons (Fsp3) is 0.600. The van der Waals surface area contributed by atoms with Crippen LogP contribution in [-0.4, -0.2) is 99.6 Å². The van der Waals surface area contributed by atoms with Crippen LogP contribution < -0.4 is 22.7 Å². The molecule has 0 bridgehead atoms. The molecule has 2 aromatic heterocycles. The first-order valence-corrected chi connectivity index (χ1v) is 10.8. The number of aromatic amines is 1. The second-order valence-corrected chi connectivity index (χ2v) is 8.64. The number of aromatic nitrogens is 4. The van der Waals surface area contributed by atoms with Crippen LogP contribution in [0.25, 0.3) is 0 Å². The van der Waals surface area contributed by atoms with Crippen LogP contribution in [0.1, 0.15) is 13.8 Å². The Morgan fingerprint density at radius 3 is 1.81 bits per heavy atom. The summed E-state index contributed by atoms with van der Waals surface area (Å²) in [5.41, 5.74) is 0.273. The summed E-state index contributed by atoms with van der Waals surface area (Å²) in [7, 11) is 0. The van der Waals surface area contributed by atoms with Gasteiger partial charge in [0.2, 0.25) is 0 Å². The van der Waals surface area contributed by atoms with E-state index >= 15 is 0 Å². The molecule has 200 valence electrons. The number of ether oxygens (including phenoxy) is 2. The third-order valence-corrected chi connectivity index (χ3v) is 6.25. The number of aliphatic hydroxyl groups is 6. The number of rotatable bonds is 4. The summed E-state index contributed by atoms with van der Waals surface area (Å²) in [6, 6.07) is 2.47. The van der Waals surface area contributed by atoms with Crippen LogP contribution in [0.4, 0.5) is 5.82 Å². The summed E-state index contributed by atoms with van der Waals surface area (Å²) in [5, 5.41) is 57.3. The number of nitrogens with one attached hydrogen (secondary N) is 1. The van der Waals surface area contributed by atoms with Crippen molar-refractivity contribution in [1.29, 1.82) is 0 Å². The fourth-order valence-electron chi connectivity index (χ4n) is 4.14. The summed E-state index contributed by atoms with van der Waals surface area (Å²) >= 11 is 0. The molecule has 0 amide bonds. The van der Waals surface area contributed by atoms with Gasteiger partial charge in [-0.2, -0.15) is 4.98 Å². The number of H-pyrrole nitrogens is 1. The van der Waals surface area contributed by atoms with E-state index in [2.05, 4.69) is 4.98 Å². The van der Waals surface area contributed by atoms with Gasteiger partial charge in [0.05, 0.1) is 13.2 Å². The normalized spacial score (nSPS) is 35.9. The van der Waals surface area contributed by atoms with E-state index in [-0.39, 0.29) is 5.82 Å². The summed E-state index contributed by atoms with van der Waals surface area (Å²) in [6.45, 7) is 1.85. The van der Waals surface area contributed by atoms with Crippen molar-refractivity contribution in [3.05, 3.63) is 55.8 Å². The van der Waals surface area contributed by atoms with Crippen LogP contribution in [-0.2, 0) is 20.9 Å². The molecule has 16 nitrogen and oxygen atoms in total. The van der Waals surface area contributed by atoms with Gasteiger partial charge in [-0.25, -0.2) is 9.59 Å². The van der Waals surface area contributed by atoms with E-state index in [0.29, 0.717) is 0 Å². The van der Waals surface area contributed by atoms with Crippen LogP contribution in [0, 0.1) is 0 Å². The first kappa shape index (κ1) is 27.6. The van der Waals surface area contributed by atoms with E-state index in [1.54, 1.807) is 0 Å². The maximum Gasteiger partial charge on any atom is 0.351 e. The Kier molecular flexibility index (Phi) is 7.82. The van der Waals surface area contributed by atoms with Gasteiger partial charge >= 0.3 is 11.4 Å². The van der Waals surface area contributed by atoms with E-state index in [4.69, 9.17) is 25.4 Å². The first-order valence-electron chi connectivity index (χ1n) is 10.8. The van der Waals surface area contributed by atoms with Crippen LogP contribution in [0.3, 0.4) is 0 Å². The van der Waals surface area contributed by atoms with Crippen LogP contribution in [0.5, 0.6) is 0 Å². The smallest absolute Gasteiger partial charge is 0.351 e. The monoisotopic (exact) mass is 515 g/mol. The Bertz CT molecular complexity index is 1250. The highest BCUT2D eigenvalue weighted by Crippen LogP contribution is 2.35. The molecule has 4 heterocycles. The van der Waals surface area contributed by atoms with Gasteiger partial charge < -0.3 is 45.8 Å². The Morgan fingerprint density at radius 2 is 1.39 bits per heavy atom. The molecule has 8 atom stereocenters. The zero-order valence-electron chi connectivity index (χ0n) is 19.3. The standard InChI is InChI=1S/C10H15N3O5.C10H14N2O6/c1-10(8(16)7(15)5(4-14)18-10)13-3-2-6(11)12-9(13)17;1-10(8(16)7(15)5(4-13)18-10)12-3-2-6(14)11-9(12)17/h2-3,5,7-8,14-16H,4H2,1H3,(H2,11,12,17);2-3,5,7-8,13,15-16H,4H2,1H3,(H,11,14,17)/t2*5-,7-,8-,10-/m11/s1. The number of nitrogen functional groups attached to an aromatic ring is 1. The molecule has 0 spiro atoms. The van der Waals surface area contributed by atoms with Crippen LogP contribution >= 0.6 is 0 Å². The number of anilines is 1. The molecule has 36 heavy (non-hydrogen) atoms. The van der Waals surface area contributed by atoms with Gasteiger partial charge in [-0.15, -0.1) is 0 Å². The molecule has 16 heteroatoms. The summed E-state index contributed by atoms with van der Waals surface area (Å²) < 4.78 is 12.7. The lowest BCUT2D eigenvalue weighted by atomic mass is 10.0. The molecular formula is C20H29N5O11. The van der Waals surface area contributed by atoms with Crippen molar-refractivity contribution >= 4 is 5.82 Å². The predicted molar refractivity (Wildman–Crippen MR) is 119 cm³/mol. The summed E-state index contributed by atoms with van der Waals surface area (Å²) in [5.74, 6) is 0.0478. The van der Waals surface area contributed by atoms with Gasteiger partial charge in [0, 0.05) is 18.5 Å². The number of nitrogens with zero attached hydrogens (tertiary/aromatic N) is 3. The third kappa shape index (κ3) is 4.72. The van der Waals surface area contributed by atoms with Crippen molar-refractivity contribution in [2.75, 3.05) is 18.9 Å². The number of aliphatic hydroxyl groups excluding tert-OH is 6. The molecule has 0 aromatic carbocycles. The number of nitrogens with two attached hydrogens (primary N) is 1. The minimum atomic E-state index is -1.55. The molecule has 0 radical (unpaired) electrons. The van der Waals surface area contributed by atoms with Gasteiger partial charge in [-0.3, -0.25) is 18.9 Å². The zero-order chi connectivity index (χ0) is 27.0. The lowest BCUT2D eigenvalue weighted by Gasteiger charge is -2.29. The second kappa shape index (κ2) is 10.2. The van der Waals surface area contributed by atoms with E-state index in [0.717, 1.165) is 21.4 Å². The van der Waals surface area contributed by atoms with Crippen molar-refractivity contribution in [3.8, 4) is 0 Å². The van der Waals surface area contributed by atoms with E-state index in [1.807, 2.05) is 4.98 Å². The molecule has 0 unspecified atom stereocenters. The highest BCUT2D eigenvalue weighted by Gasteiger charge is 2.53. The Morgan fingerprint density at radius 1 is 0.917 bits per heavy atom. The highest BCUT2D eigenvalue weighted by molar-refractivity contribution is 5.24. The largest absolute Gasteiger partial charge is 0.394 e. The van der Waals surface area contributed by atoms with E-state index < -0.39 is 78.2 Å². The van der Waals surface area contributed by atoms with Crippen LogP contribution in [0.15, 0.2) is 38.9 Å². The van der Waals surface area contributed by atoms with Crippen molar-refractivity contribution in [2.45, 2.75) is 61.9 Å². The van der Waals surface area contributed by atoms with Gasteiger partial charge in [0.15, 0.2) is 11.4 Å². The van der Waals surface area contributed by atoms with Crippen molar-refractivity contribution in [1.82, 2.24) is 19.1 Å². The maximum absolute atomic E-state index is 11.7. The quantitative estimate of drug-likeness (QED) is 0.190. The molecule has 2 fully saturated rings. The second-order valence-electron chi connectivity index (χ2n) is 8.64. The predicted octanol–water partition coefficient (Wildman–Crippen LogP) is -5.07. The Hall–Kier alpha value is -2.96. The van der Waals surface area contributed by atoms with Gasteiger partial charge in [-0.1, -0.05) is 0 Å². The Balaban J connectivity index is 0.000000201. The molecule has 9 N–H and O–H groups in total. The van der Waals surface area contributed by atoms with Crippen molar-refractivity contribution in [2.24, 2.45) is 0 Å². The molecule has 0 saturated carbocycles. The van der Waals surface area contributed by atoms with Crippen LogP contribution in [0.2, 0.25) is 0 Å². The average molecular weight is 515 g/mol. The molecular weight excluding hydrogens is 486 g/mol. The fourth-order valence-corrected chi connectivity index (χ4v) is 4.14. The molecule has 2 aliphatic rings. The van der Waals surface area contributed by atoms with Gasteiger partial charge in [0.1, 0.15) is 42.4 Å². The molecule has 2 aliphatic heterocycles. The van der Waals surface area contributed by atoms with Gasteiger partial charge in [-0.05, 0) is 19.9 Å². The summed E-state index contributed by atoms with van der Waals surface area (Å²) in [6.07, 6.45) is -4.85. The summed E-state index contributed by atoms with van der Waals surface area (Å²) in [4.78, 5) is 39.9. The highest BCUT2D eigenvalue weighted by atomic mass is 16.6. The Labute approximate surface area is 202 Å². The first-order chi connectivity index (χ1) is 16.8. The SMILES string of the molecule is C[C@@]1(n2ccc(=O)[nH]c2=O)O[C@H](CO)[C@@H](O)[C@H]1O.C[C@@]1(n2ccc(N)nc2=O)O[C@H](CO)[C@@H](O)[C@H]1O. The van der Waals surface area contributed by atoms with Crippen molar-refractivity contribution in [3.63, 3.8) is 0 Å². The maximum atomic E-state index is 11.7. The van der Waals surface area contributed by atoms with Crippen molar-refractivity contribution < 1.29 is 40.1 Å². The number of hydrogen-bond donors (Lipinski definition) is 8. The number of hydrogen-bond acceptors (Lipinski definition) is 13. The average Bonchev–Trinajstić information content (AvgIpc) is 3.19. The minimum Gasteiger partial charge on any atom is -0.394 e. The molecule has 2 aromatic rings. The molecule has 4 rings (SSSR count). The van der Waals surface area contributed by atoms with E-state index in [1.165, 1.54) is 26.1 Å². The topological polar surface area (TPSA) is 256 Å².